The first-order valence-corrected chi connectivity index (χ1v) is 21.4. The smallest absolute Gasteiger partial charge is 0.408 e. The van der Waals surface area contributed by atoms with E-state index in [2.05, 4.69) is 5.32 Å². The lowest BCUT2D eigenvalue weighted by molar-refractivity contribution is -0.381. The van der Waals surface area contributed by atoms with Crippen molar-refractivity contribution < 1.29 is 71.8 Å². The molecule has 13 atom stereocenters. The van der Waals surface area contributed by atoms with E-state index in [9.17, 15) is 29.1 Å². The van der Waals surface area contributed by atoms with Crippen molar-refractivity contribution >= 4 is 35.8 Å². The summed E-state index contributed by atoms with van der Waals surface area (Å²) in [6.07, 6.45) is -8.54. The second kappa shape index (κ2) is 17.0. The SMILES string of the molecule is CO[C@H]1C(=O)[C@]2(C)[C@@H](OC)C[C@H]3OC[C@@]3(OC(C)=O)[C@H]2[C@@H]2[C@@H](OC(=O)c3ccccc3)[C@@]3(C)C1=C(C)[C@@H](OC(=O)[C@H](OC(=O)CN)[C@@H](NC(=O)OC(C)(C)C)c1ccccc1)C[C@@]23O. The van der Waals surface area contributed by atoms with Gasteiger partial charge in [0.2, 0.25) is 6.10 Å². The predicted octanol–water partition coefficient (Wildman–Crippen LogP) is 3.69. The molecule has 0 spiro atoms. The summed E-state index contributed by atoms with van der Waals surface area (Å²) in [5.74, 6) is -6.24. The van der Waals surface area contributed by atoms with E-state index in [1.54, 1.807) is 102 Å². The number of rotatable bonds is 12. The fraction of sp³-hybridized carbons (Fsp3) is 0.574. The van der Waals surface area contributed by atoms with Gasteiger partial charge in [0.15, 0.2) is 11.4 Å². The molecule has 1 heterocycles. The van der Waals surface area contributed by atoms with E-state index in [0.717, 1.165) is 0 Å². The van der Waals surface area contributed by atoms with Gasteiger partial charge in [0, 0.05) is 45.8 Å². The average molecular weight is 891 g/mol. The molecule has 0 unspecified atom stereocenters. The number of amides is 1. The number of esters is 4. The third-order valence-corrected chi connectivity index (χ3v) is 14.2. The molecule has 0 radical (unpaired) electrons. The van der Waals surface area contributed by atoms with E-state index in [1.165, 1.54) is 21.1 Å². The first kappa shape index (κ1) is 46.8. The van der Waals surface area contributed by atoms with Crippen LogP contribution in [0.2, 0.25) is 0 Å². The molecule has 5 aliphatic carbocycles. The first-order chi connectivity index (χ1) is 30.1. The maximum absolute atomic E-state index is 15.6. The van der Waals surface area contributed by atoms with Crippen molar-refractivity contribution in [1.29, 1.82) is 0 Å². The van der Waals surface area contributed by atoms with E-state index < -0.39 is 124 Å². The van der Waals surface area contributed by atoms with Gasteiger partial charge in [-0.1, -0.05) is 48.5 Å². The number of methoxy groups -OCH3 is 2. The van der Waals surface area contributed by atoms with Gasteiger partial charge in [0.25, 0.3) is 0 Å². The van der Waals surface area contributed by atoms with E-state index in [0.29, 0.717) is 11.1 Å². The minimum Gasteiger partial charge on any atom is -0.457 e. The van der Waals surface area contributed by atoms with E-state index >= 15 is 4.79 Å². The summed E-state index contributed by atoms with van der Waals surface area (Å²) in [6, 6.07) is 15.2. The highest BCUT2D eigenvalue weighted by Gasteiger charge is 2.86. The number of hydrogen-bond donors (Lipinski definition) is 3. The highest BCUT2D eigenvalue weighted by atomic mass is 16.6. The third kappa shape index (κ3) is 7.38. The van der Waals surface area contributed by atoms with Gasteiger partial charge in [0.1, 0.15) is 36.1 Å². The Hall–Kier alpha value is -5.20. The highest BCUT2D eigenvalue weighted by Crippen LogP contribution is 2.74. The third-order valence-electron chi connectivity index (χ3n) is 14.2. The van der Waals surface area contributed by atoms with E-state index in [4.69, 9.17) is 43.6 Å². The fourth-order valence-electron chi connectivity index (χ4n) is 11.4. The quantitative estimate of drug-likeness (QED) is 0.157. The van der Waals surface area contributed by atoms with Crippen molar-refractivity contribution in [3.63, 3.8) is 0 Å². The molecule has 1 aliphatic heterocycles. The van der Waals surface area contributed by atoms with Crippen LogP contribution in [0.15, 0.2) is 71.8 Å². The summed E-state index contributed by atoms with van der Waals surface area (Å²) in [5, 5.41) is 16.3. The Morgan fingerprint density at radius 1 is 0.969 bits per heavy atom. The molecule has 2 aromatic carbocycles. The van der Waals surface area contributed by atoms with Gasteiger partial charge in [-0.15, -0.1) is 0 Å². The molecule has 5 fully saturated rings. The number of nitrogens with one attached hydrogen (secondary N) is 1. The van der Waals surface area contributed by atoms with Crippen molar-refractivity contribution in [1.82, 2.24) is 5.32 Å². The van der Waals surface area contributed by atoms with Crippen LogP contribution in [0.3, 0.4) is 0 Å². The number of Topliss-reactive ketones (excluding diaryl/α,β-unsaturated/α-hetero) is 1. The summed E-state index contributed by atoms with van der Waals surface area (Å²) in [5.41, 5.74) is -0.810. The Kier molecular flexibility index (Phi) is 12.4. The molecule has 64 heavy (non-hydrogen) atoms. The zero-order valence-corrected chi connectivity index (χ0v) is 37.5. The minimum absolute atomic E-state index is 0.138. The first-order valence-electron chi connectivity index (χ1n) is 21.4. The maximum Gasteiger partial charge on any atom is 0.408 e. The van der Waals surface area contributed by atoms with Crippen LogP contribution < -0.4 is 11.1 Å². The van der Waals surface area contributed by atoms with Crippen LogP contribution in [0.4, 0.5) is 4.79 Å². The van der Waals surface area contributed by atoms with Crippen LogP contribution in [0.25, 0.3) is 0 Å². The van der Waals surface area contributed by atoms with Gasteiger partial charge >= 0.3 is 30.0 Å². The maximum atomic E-state index is 15.6. The van der Waals surface area contributed by atoms with Gasteiger partial charge < -0.3 is 54.1 Å². The Labute approximate surface area is 371 Å². The molecular weight excluding hydrogens is 833 g/mol. The number of hydrogen-bond acceptors (Lipinski definition) is 16. The lowest BCUT2D eigenvalue weighted by Gasteiger charge is -2.76. The van der Waals surface area contributed by atoms with Gasteiger partial charge in [-0.2, -0.15) is 0 Å². The number of carbonyl (C=O) groups is 6. The summed E-state index contributed by atoms with van der Waals surface area (Å²) in [4.78, 5) is 83.8. The number of benzene rings is 2. The van der Waals surface area contributed by atoms with Crippen LogP contribution >= 0.6 is 0 Å². The molecule has 1 amide bonds. The lowest BCUT2D eigenvalue weighted by atomic mass is 9.32. The normalized spacial score (nSPS) is 34.7. The molecule has 4 N–H and O–H groups in total. The molecule has 6 aliphatic rings. The van der Waals surface area contributed by atoms with Crippen LogP contribution in [0.5, 0.6) is 0 Å². The summed E-state index contributed by atoms with van der Waals surface area (Å²) >= 11 is 0. The molecule has 346 valence electrons. The van der Waals surface area contributed by atoms with Gasteiger partial charge in [-0.3, -0.25) is 14.4 Å². The fourth-order valence-corrected chi connectivity index (χ4v) is 11.4. The monoisotopic (exact) mass is 890 g/mol. The van der Waals surface area contributed by atoms with Crippen molar-refractivity contribution in [3.8, 4) is 0 Å². The summed E-state index contributed by atoms with van der Waals surface area (Å²) in [6.45, 7) is 10.5. The number of nitrogens with two attached hydrogens (primary N) is 1. The molecule has 1 saturated heterocycles. The number of aliphatic hydroxyl groups is 1. The summed E-state index contributed by atoms with van der Waals surface area (Å²) < 4.78 is 48.5. The van der Waals surface area contributed by atoms with E-state index in [-0.39, 0.29) is 30.6 Å². The average Bonchev–Trinajstić information content (AvgIpc) is 3.24. The predicted molar refractivity (Wildman–Crippen MR) is 224 cm³/mol. The number of ketones is 1. The topological polar surface area (TPSA) is 235 Å². The highest BCUT2D eigenvalue weighted by molar-refractivity contribution is 5.95. The molecule has 17 nitrogen and oxygen atoms in total. The van der Waals surface area contributed by atoms with E-state index in [1.807, 2.05) is 0 Å². The molecule has 8 rings (SSSR count). The Bertz CT molecular complexity index is 2210. The van der Waals surface area contributed by atoms with Crippen LogP contribution in [0, 0.1) is 22.7 Å². The molecular formula is C47H58N2O15. The second-order valence-electron chi connectivity index (χ2n) is 18.8. The van der Waals surface area contributed by atoms with Gasteiger partial charge in [-0.05, 0) is 70.4 Å². The van der Waals surface area contributed by atoms with Crippen molar-refractivity contribution in [2.45, 2.75) is 121 Å². The zero-order chi connectivity index (χ0) is 46.7. The van der Waals surface area contributed by atoms with Crippen LogP contribution in [-0.4, -0.2) is 122 Å². The van der Waals surface area contributed by atoms with Crippen LogP contribution in [0.1, 0.15) is 83.3 Å². The molecule has 2 aromatic rings. The Morgan fingerprint density at radius 3 is 2.16 bits per heavy atom. The number of carbonyl (C=O) groups excluding carboxylic acids is 6. The summed E-state index contributed by atoms with van der Waals surface area (Å²) in [7, 11) is 2.79. The number of fused-ring (bicyclic) bond motifs is 2. The molecule has 0 aromatic heterocycles. The van der Waals surface area contributed by atoms with Crippen molar-refractivity contribution in [2.24, 2.45) is 28.4 Å². The largest absolute Gasteiger partial charge is 0.457 e. The van der Waals surface area contributed by atoms with Crippen molar-refractivity contribution in [2.75, 3.05) is 27.4 Å². The zero-order valence-electron chi connectivity index (χ0n) is 37.5. The standard InChI is InChI=1S/C47H58N2O15/c1-24-28(60-41(54)36(61-31(51)22-48)34(26-16-12-10-13-17-26)49-42(55)64-43(3,4)5)21-47(56)33-37-44(6,29(57-8)20-30-46(37,23-59-30)63-25(2)50)38(52)35(58-9)32(24)45(47,7)39(33)62-40(53)27-18-14-11-15-19-27/h10-19,28-30,33-37,39,56H,20-23,48H2,1-9H3,(H,49,55)/t28-,29-,30+,33+,34-,35+,36+,37-,39+,44+,45+,46-,47+/m0/s1. The molecule has 4 saturated carbocycles. The lowest BCUT2D eigenvalue weighted by Crippen LogP contribution is -2.88. The molecule has 4 bridgehead atoms. The van der Waals surface area contributed by atoms with Crippen molar-refractivity contribution in [3.05, 3.63) is 82.9 Å². The van der Waals surface area contributed by atoms with Crippen LogP contribution in [-0.2, 0) is 57.1 Å². The van der Waals surface area contributed by atoms with Gasteiger partial charge in [-0.25, -0.2) is 14.4 Å². The molecule has 17 heteroatoms. The number of alkyl carbamates (subject to hydrolysis) is 1. The number of ether oxygens (including phenoxy) is 8. The Balaban J connectivity index is 1.39. The minimum atomic E-state index is -1.99. The second-order valence-corrected chi connectivity index (χ2v) is 18.8. The Morgan fingerprint density at radius 2 is 1.61 bits per heavy atom. The van der Waals surface area contributed by atoms with Gasteiger partial charge in [0.05, 0.1) is 41.3 Å².